The molecule has 1 aromatic heterocycles. The van der Waals surface area contributed by atoms with Crippen molar-refractivity contribution in [1.29, 1.82) is 0 Å². The van der Waals surface area contributed by atoms with Crippen LogP contribution >= 0.6 is 11.8 Å². The molecule has 0 radical (unpaired) electrons. The number of thioether (sulfide) groups is 1. The lowest BCUT2D eigenvalue weighted by Crippen LogP contribution is -1.96. The smallest absolute Gasteiger partial charge is 0.342 e. The first-order valence-corrected chi connectivity index (χ1v) is 8.75. The topological polar surface area (TPSA) is 94.7 Å². The van der Waals surface area contributed by atoms with Gasteiger partial charge in [-0.15, -0.1) is 10.2 Å². The summed E-state index contributed by atoms with van der Waals surface area (Å²) in [6, 6.07) is 10.5. The summed E-state index contributed by atoms with van der Waals surface area (Å²) in [5, 5.41) is 17.3. The number of carboxylic acid groups (broad SMARTS) is 1. The van der Waals surface area contributed by atoms with E-state index >= 15 is 0 Å². The lowest BCUT2D eigenvalue weighted by Gasteiger charge is -2.05. The summed E-state index contributed by atoms with van der Waals surface area (Å²) in [7, 11) is 3.04. The molecule has 0 saturated heterocycles. The van der Waals surface area contributed by atoms with Gasteiger partial charge in [0.1, 0.15) is 22.2 Å². The van der Waals surface area contributed by atoms with Gasteiger partial charge in [0, 0.05) is 11.6 Å². The first-order valence-electron chi connectivity index (χ1n) is 7.94. The van der Waals surface area contributed by atoms with Crippen molar-refractivity contribution >= 4 is 23.8 Å². The van der Waals surface area contributed by atoms with Gasteiger partial charge in [0.05, 0.1) is 14.2 Å². The van der Waals surface area contributed by atoms with Crippen molar-refractivity contribution < 1.29 is 28.2 Å². The van der Waals surface area contributed by atoms with Crippen molar-refractivity contribution in [1.82, 2.24) is 10.2 Å². The van der Waals surface area contributed by atoms with Crippen LogP contribution in [0.3, 0.4) is 0 Å². The van der Waals surface area contributed by atoms with Gasteiger partial charge in [0.25, 0.3) is 5.22 Å². The van der Waals surface area contributed by atoms with Crippen molar-refractivity contribution in [3.8, 4) is 23.0 Å². The Morgan fingerprint density at radius 3 is 2.32 bits per heavy atom. The van der Waals surface area contributed by atoms with E-state index in [1.807, 2.05) is 0 Å². The summed E-state index contributed by atoms with van der Waals surface area (Å²) in [5.74, 6) is -0.298. The van der Waals surface area contributed by atoms with Crippen LogP contribution in [0.1, 0.15) is 5.56 Å². The minimum absolute atomic E-state index is 0.0487. The Bertz CT molecular complexity index is 995. The van der Waals surface area contributed by atoms with Crippen LogP contribution in [0.2, 0.25) is 0 Å². The molecule has 144 valence electrons. The van der Waals surface area contributed by atoms with Crippen LogP contribution in [0.15, 0.2) is 57.0 Å². The summed E-state index contributed by atoms with van der Waals surface area (Å²) < 4.78 is 29.0. The molecule has 0 atom stereocenters. The normalized spacial score (nSPS) is 11.3. The van der Waals surface area contributed by atoms with Crippen LogP contribution in [0.25, 0.3) is 17.5 Å². The molecule has 1 N–H and O–H groups in total. The van der Waals surface area contributed by atoms with E-state index in [0.717, 1.165) is 11.8 Å². The van der Waals surface area contributed by atoms with Crippen molar-refractivity contribution in [3.05, 3.63) is 58.8 Å². The molecule has 0 saturated carbocycles. The van der Waals surface area contributed by atoms with Crippen LogP contribution in [0, 0.1) is 5.82 Å². The molecule has 7 nitrogen and oxygen atoms in total. The fourth-order valence-corrected chi connectivity index (χ4v) is 2.91. The predicted octanol–water partition coefficient (Wildman–Crippen LogP) is 4.11. The molecule has 3 aromatic rings. The number of hydrogen-bond donors (Lipinski definition) is 1. The molecule has 3 rings (SSSR count). The number of methoxy groups -OCH3 is 2. The molecule has 0 unspecified atom stereocenters. The molecule has 28 heavy (non-hydrogen) atoms. The number of carbonyl (C=O) groups is 1. The van der Waals surface area contributed by atoms with Gasteiger partial charge in [-0.3, -0.25) is 0 Å². The van der Waals surface area contributed by atoms with Crippen molar-refractivity contribution in [2.45, 2.75) is 5.22 Å². The van der Waals surface area contributed by atoms with Crippen LogP contribution in [-0.2, 0) is 4.79 Å². The van der Waals surface area contributed by atoms with Gasteiger partial charge >= 0.3 is 5.97 Å². The molecule has 9 heteroatoms. The lowest BCUT2D eigenvalue weighted by atomic mass is 10.2. The van der Waals surface area contributed by atoms with Gasteiger partial charge in [0.2, 0.25) is 5.89 Å². The maximum atomic E-state index is 13.0. The zero-order chi connectivity index (χ0) is 20.1. The standard InChI is InChI=1S/C19H15FN2O5S/c1-25-14-8-12(9-15(10-14)26-2)17-21-22-19(27-17)28-16(18(23)24)7-11-3-5-13(20)6-4-11/h3-10H,1-2H3,(H,23,24)/b16-7+. The summed E-state index contributed by atoms with van der Waals surface area (Å²) in [6.07, 6.45) is 1.39. The summed E-state index contributed by atoms with van der Waals surface area (Å²) >= 11 is 0.796. The van der Waals surface area contributed by atoms with Crippen molar-refractivity contribution in [2.24, 2.45) is 0 Å². The van der Waals surface area contributed by atoms with E-state index in [1.54, 1.807) is 18.2 Å². The zero-order valence-electron chi connectivity index (χ0n) is 14.9. The number of aliphatic carboxylic acids is 1. The monoisotopic (exact) mass is 402 g/mol. The Morgan fingerprint density at radius 2 is 1.75 bits per heavy atom. The number of nitrogens with zero attached hydrogens (tertiary/aromatic N) is 2. The Kier molecular flexibility index (Phi) is 5.95. The fraction of sp³-hybridized carbons (Fsp3) is 0.105. The minimum Gasteiger partial charge on any atom is -0.497 e. The highest BCUT2D eigenvalue weighted by Crippen LogP contribution is 2.33. The average molecular weight is 402 g/mol. The molecule has 1 heterocycles. The molecule has 0 fully saturated rings. The van der Waals surface area contributed by atoms with E-state index in [4.69, 9.17) is 13.9 Å². The molecule has 0 bridgehead atoms. The molecule has 0 aliphatic rings. The van der Waals surface area contributed by atoms with Gasteiger partial charge in [-0.1, -0.05) is 12.1 Å². The van der Waals surface area contributed by atoms with E-state index in [0.29, 0.717) is 22.6 Å². The molecule has 0 amide bonds. The summed E-state index contributed by atoms with van der Waals surface area (Å²) in [5.41, 5.74) is 1.10. The van der Waals surface area contributed by atoms with Gasteiger partial charge < -0.3 is 19.0 Å². The second kappa shape index (κ2) is 8.57. The van der Waals surface area contributed by atoms with E-state index in [2.05, 4.69) is 10.2 Å². The predicted molar refractivity (Wildman–Crippen MR) is 101 cm³/mol. The Balaban J connectivity index is 1.86. The van der Waals surface area contributed by atoms with E-state index in [9.17, 15) is 14.3 Å². The number of benzene rings is 2. The number of ether oxygens (including phenoxy) is 2. The highest BCUT2D eigenvalue weighted by atomic mass is 32.2. The van der Waals surface area contributed by atoms with Crippen molar-refractivity contribution in [3.63, 3.8) is 0 Å². The van der Waals surface area contributed by atoms with Crippen molar-refractivity contribution in [2.75, 3.05) is 14.2 Å². The SMILES string of the molecule is COc1cc(OC)cc(-c2nnc(S/C(=C/c3ccc(F)cc3)C(=O)O)o2)c1. The Labute approximate surface area is 163 Å². The minimum atomic E-state index is -1.17. The van der Waals surface area contributed by atoms with E-state index in [1.165, 1.54) is 44.6 Å². The first kappa shape index (κ1) is 19.4. The van der Waals surface area contributed by atoms with Gasteiger partial charge in [-0.05, 0) is 47.7 Å². The second-order valence-corrected chi connectivity index (χ2v) is 6.44. The first-order chi connectivity index (χ1) is 13.5. The van der Waals surface area contributed by atoms with Crippen LogP contribution in [-0.4, -0.2) is 35.5 Å². The molecule has 0 aliphatic carbocycles. The zero-order valence-corrected chi connectivity index (χ0v) is 15.7. The highest BCUT2D eigenvalue weighted by molar-refractivity contribution is 8.03. The highest BCUT2D eigenvalue weighted by Gasteiger charge is 2.17. The van der Waals surface area contributed by atoms with Crippen LogP contribution in [0.5, 0.6) is 11.5 Å². The fourth-order valence-electron chi connectivity index (χ4n) is 2.24. The van der Waals surface area contributed by atoms with Crippen LogP contribution < -0.4 is 9.47 Å². The summed E-state index contributed by atoms with van der Waals surface area (Å²) in [6.45, 7) is 0. The molecule has 0 aliphatic heterocycles. The largest absolute Gasteiger partial charge is 0.497 e. The quantitative estimate of drug-likeness (QED) is 0.466. The number of hydrogen-bond acceptors (Lipinski definition) is 7. The number of rotatable bonds is 7. The Morgan fingerprint density at radius 1 is 1.11 bits per heavy atom. The number of carboxylic acids is 1. The summed E-state index contributed by atoms with van der Waals surface area (Å²) in [4.78, 5) is 11.5. The number of aromatic nitrogens is 2. The third-order valence-electron chi connectivity index (χ3n) is 3.58. The molecule has 0 spiro atoms. The van der Waals surface area contributed by atoms with Gasteiger partial charge in [0.15, 0.2) is 0 Å². The van der Waals surface area contributed by atoms with E-state index < -0.39 is 11.8 Å². The molecular weight excluding hydrogens is 387 g/mol. The molecular formula is C19H15FN2O5S. The lowest BCUT2D eigenvalue weighted by molar-refractivity contribution is -0.131. The van der Waals surface area contributed by atoms with E-state index in [-0.39, 0.29) is 16.0 Å². The third kappa shape index (κ3) is 4.68. The second-order valence-electron chi connectivity index (χ2n) is 5.44. The van der Waals surface area contributed by atoms with Gasteiger partial charge in [-0.2, -0.15) is 0 Å². The maximum Gasteiger partial charge on any atom is 0.342 e. The van der Waals surface area contributed by atoms with Crippen LogP contribution in [0.4, 0.5) is 4.39 Å². The van der Waals surface area contributed by atoms with Gasteiger partial charge in [-0.25, -0.2) is 9.18 Å². The third-order valence-corrected chi connectivity index (χ3v) is 4.43. The maximum absolute atomic E-state index is 13.0. The molecule has 2 aromatic carbocycles. The Hall–Kier alpha value is -3.33. The average Bonchev–Trinajstić information content (AvgIpc) is 3.17. The number of halogens is 1.